The zero-order valence-corrected chi connectivity index (χ0v) is 8.45. The van der Waals surface area contributed by atoms with Crippen LogP contribution in [0.2, 0.25) is 0 Å². The fourth-order valence-electron chi connectivity index (χ4n) is 1.55. The number of ether oxygens (including phenoxy) is 1. The quantitative estimate of drug-likeness (QED) is 0.843. The number of nitrogens with one attached hydrogen (secondary N) is 1. The molecule has 1 N–H and O–H groups in total. The summed E-state index contributed by atoms with van der Waals surface area (Å²) in [6, 6.07) is 7.99. The van der Waals surface area contributed by atoms with Crippen molar-refractivity contribution in [2.75, 3.05) is 0 Å². The standard InChI is InChI=1S/C11H11F2NO2/c12-11(13)6-8(7-11)14-10(15)16-9-4-2-1-3-5-9/h1-5,8H,6-7H2,(H,14,15). The lowest BCUT2D eigenvalue weighted by molar-refractivity contribution is -0.0904. The van der Waals surface area contributed by atoms with Crippen LogP contribution >= 0.6 is 0 Å². The smallest absolute Gasteiger partial charge is 0.410 e. The van der Waals surface area contributed by atoms with E-state index in [0.29, 0.717) is 5.75 Å². The number of halogens is 2. The van der Waals surface area contributed by atoms with E-state index in [0.717, 1.165) is 0 Å². The predicted molar refractivity (Wildman–Crippen MR) is 53.6 cm³/mol. The van der Waals surface area contributed by atoms with Gasteiger partial charge in [0, 0.05) is 18.9 Å². The number of carbonyl (C=O) groups excluding carboxylic acids is 1. The van der Waals surface area contributed by atoms with Gasteiger partial charge >= 0.3 is 6.09 Å². The Labute approximate surface area is 91.4 Å². The van der Waals surface area contributed by atoms with Crippen molar-refractivity contribution >= 4 is 6.09 Å². The van der Waals surface area contributed by atoms with Gasteiger partial charge in [0.25, 0.3) is 5.92 Å². The van der Waals surface area contributed by atoms with Gasteiger partial charge in [-0.25, -0.2) is 13.6 Å². The molecule has 0 bridgehead atoms. The molecule has 0 atom stereocenters. The number of rotatable bonds is 2. The highest BCUT2D eigenvalue weighted by Crippen LogP contribution is 2.37. The van der Waals surface area contributed by atoms with E-state index >= 15 is 0 Å². The number of hydrogen-bond donors (Lipinski definition) is 1. The first kappa shape index (κ1) is 10.9. The Morgan fingerprint density at radius 3 is 2.50 bits per heavy atom. The van der Waals surface area contributed by atoms with Crippen molar-refractivity contribution in [3.63, 3.8) is 0 Å². The normalized spacial score (nSPS) is 18.6. The van der Waals surface area contributed by atoms with Gasteiger partial charge in [-0.3, -0.25) is 0 Å². The highest BCUT2D eigenvalue weighted by molar-refractivity contribution is 5.70. The molecule has 0 aliphatic heterocycles. The first-order valence-electron chi connectivity index (χ1n) is 4.96. The maximum absolute atomic E-state index is 12.5. The maximum atomic E-state index is 12.5. The molecular formula is C11H11F2NO2. The van der Waals surface area contributed by atoms with Gasteiger partial charge < -0.3 is 10.1 Å². The van der Waals surface area contributed by atoms with Crippen molar-refractivity contribution in [2.24, 2.45) is 0 Å². The summed E-state index contributed by atoms with van der Waals surface area (Å²) >= 11 is 0. The van der Waals surface area contributed by atoms with Gasteiger partial charge in [-0.15, -0.1) is 0 Å². The van der Waals surface area contributed by atoms with E-state index in [1.807, 2.05) is 0 Å². The highest BCUT2D eigenvalue weighted by atomic mass is 19.3. The summed E-state index contributed by atoms with van der Waals surface area (Å²) in [6.45, 7) is 0. The molecule has 1 aromatic carbocycles. The molecule has 2 rings (SSSR count). The minimum absolute atomic E-state index is 0.309. The molecular weight excluding hydrogens is 216 g/mol. The lowest BCUT2D eigenvalue weighted by Crippen LogP contribution is -2.51. The number of para-hydroxylation sites is 1. The van der Waals surface area contributed by atoms with Crippen LogP contribution in [0.4, 0.5) is 13.6 Å². The molecule has 0 heterocycles. The molecule has 0 saturated heterocycles. The van der Waals surface area contributed by atoms with Crippen LogP contribution in [0.25, 0.3) is 0 Å². The van der Waals surface area contributed by atoms with Crippen LogP contribution in [0.3, 0.4) is 0 Å². The van der Waals surface area contributed by atoms with Crippen LogP contribution in [0.15, 0.2) is 30.3 Å². The first-order chi connectivity index (χ1) is 7.55. The number of alkyl halides is 2. The van der Waals surface area contributed by atoms with Crippen molar-refractivity contribution in [3.05, 3.63) is 30.3 Å². The van der Waals surface area contributed by atoms with Crippen molar-refractivity contribution in [1.29, 1.82) is 0 Å². The van der Waals surface area contributed by atoms with E-state index in [4.69, 9.17) is 4.74 Å². The molecule has 1 amide bonds. The summed E-state index contributed by atoms with van der Waals surface area (Å²) < 4.78 is 29.8. The Kier molecular flexibility index (Phi) is 2.77. The number of hydrogen-bond acceptors (Lipinski definition) is 2. The van der Waals surface area contributed by atoms with Gasteiger partial charge in [-0.05, 0) is 12.1 Å². The zero-order chi connectivity index (χ0) is 11.6. The molecule has 1 fully saturated rings. The maximum Gasteiger partial charge on any atom is 0.412 e. The van der Waals surface area contributed by atoms with Gasteiger partial charge in [-0.1, -0.05) is 18.2 Å². The lowest BCUT2D eigenvalue weighted by atomic mass is 9.88. The minimum Gasteiger partial charge on any atom is -0.410 e. The molecule has 0 spiro atoms. The highest BCUT2D eigenvalue weighted by Gasteiger charge is 2.46. The van der Waals surface area contributed by atoms with Crippen LogP contribution in [0, 0.1) is 0 Å². The first-order valence-corrected chi connectivity index (χ1v) is 4.96. The zero-order valence-electron chi connectivity index (χ0n) is 8.45. The summed E-state index contributed by atoms with van der Waals surface area (Å²) in [6.07, 6.45) is -1.31. The van der Waals surface area contributed by atoms with Crippen LogP contribution in [0.5, 0.6) is 5.75 Å². The average molecular weight is 227 g/mol. The molecule has 1 aromatic rings. The Bertz CT molecular complexity index is 373. The summed E-state index contributed by atoms with van der Waals surface area (Å²) in [7, 11) is 0. The van der Waals surface area contributed by atoms with E-state index in [-0.39, 0.29) is 12.8 Å². The third kappa shape index (κ3) is 2.68. The Morgan fingerprint density at radius 1 is 1.31 bits per heavy atom. The van der Waals surface area contributed by atoms with Gasteiger partial charge in [0.15, 0.2) is 0 Å². The molecule has 1 aliphatic carbocycles. The summed E-state index contributed by atoms with van der Waals surface area (Å²) in [5.41, 5.74) is 0. The molecule has 5 heteroatoms. The average Bonchev–Trinajstić information content (AvgIpc) is 2.16. The molecule has 1 saturated carbocycles. The van der Waals surface area contributed by atoms with Crippen LogP contribution in [-0.4, -0.2) is 18.1 Å². The van der Waals surface area contributed by atoms with Crippen molar-refractivity contribution in [2.45, 2.75) is 24.8 Å². The van der Waals surface area contributed by atoms with Crippen LogP contribution < -0.4 is 10.1 Å². The summed E-state index contributed by atoms with van der Waals surface area (Å²) in [5, 5.41) is 2.38. The predicted octanol–water partition coefficient (Wildman–Crippen LogP) is 2.57. The second-order valence-electron chi connectivity index (χ2n) is 3.81. The van der Waals surface area contributed by atoms with Crippen LogP contribution in [0.1, 0.15) is 12.8 Å². The Morgan fingerprint density at radius 2 is 1.94 bits per heavy atom. The second-order valence-corrected chi connectivity index (χ2v) is 3.81. The molecule has 1 aliphatic rings. The number of benzene rings is 1. The fourth-order valence-corrected chi connectivity index (χ4v) is 1.55. The van der Waals surface area contributed by atoms with Crippen molar-refractivity contribution in [3.8, 4) is 5.75 Å². The number of amides is 1. The molecule has 0 unspecified atom stereocenters. The summed E-state index contributed by atoms with van der Waals surface area (Å²) in [4.78, 5) is 11.2. The van der Waals surface area contributed by atoms with Crippen molar-refractivity contribution < 1.29 is 18.3 Å². The van der Waals surface area contributed by atoms with Gasteiger partial charge in [0.2, 0.25) is 0 Å². The van der Waals surface area contributed by atoms with E-state index in [9.17, 15) is 13.6 Å². The van der Waals surface area contributed by atoms with E-state index in [1.54, 1.807) is 30.3 Å². The van der Waals surface area contributed by atoms with Crippen LogP contribution in [-0.2, 0) is 0 Å². The number of carbonyl (C=O) groups is 1. The van der Waals surface area contributed by atoms with E-state index < -0.39 is 18.1 Å². The third-order valence-electron chi connectivity index (χ3n) is 2.37. The molecule has 86 valence electrons. The van der Waals surface area contributed by atoms with Gasteiger partial charge in [0.1, 0.15) is 5.75 Å². The SMILES string of the molecule is O=C(NC1CC(F)(F)C1)Oc1ccccc1. The lowest BCUT2D eigenvalue weighted by Gasteiger charge is -2.34. The van der Waals surface area contributed by atoms with Gasteiger partial charge in [0.05, 0.1) is 0 Å². The second kappa shape index (κ2) is 4.08. The monoisotopic (exact) mass is 227 g/mol. The largest absolute Gasteiger partial charge is 0.412 e. The molecule has 3 nitrogen and oxygen atoms in total. The summed E-state index contributed by atoms with van der Waals surface area (Å²) in [5.74, 6) is -2.24. The van der Waals surface area contributed by atoms with E-state index in [2.05, 4.69) is 5.32 Å². The minimum atomic E-state index is -2.63. The Balaban J connectivity index is 1.78. The third-order valence-corrected chi connectivity index (χ3v) is 2.37. The molecule has 0 aromatic heterocycles. The topological polar surface area (TPSA) is 38.3 Å². The van der Waals surface area contributed by atoms with E-state index in [1.165, 1.54) is 0 Å². The fraction of sp³-hybridized carbons (Fsp3) is 0.364. The molecule has 0 radical (unpaired) electrons. The Hall–Kier alpha value is -1.65. The van der Waals surface area contributed by atoms with Gasteiger partial charge in [-0.2, -0.15) is 0 Å². The molecule has 16 heavy (non-hydrogen) atoms. The van der Waals surface area contributed by atoms with Crippen molar-refractivity contribution in [1.82, 2.24) is 5.32 Å².